The van der Waals surface area contributed by atoms with E-state index in [4.69, 9.17) is 0 Å². The van der Waals surface area contributed by atoms with Gasteiger partial charge < -0.3 is 9.88 Å². The zero-order valence-corrected chi connectivity index (χ0v) is 15.7. The maximum Gasteiger partial charge on any atom is 0.258 e. The van der Waals surface area contributed by atoms with Crippen LogP contribution in [-0.2, 0) is 0 Å². The highest BCUT2D eigenvalue weighted by atomic mass is 19.1. The molecule has 4 heterocycles. The molecule has 1 saturated heterocycles. The summed E-state index contributed by atoms with van der Waals surface area (Å²) in [4.78, 5) is 17.3. The van der Waals surface area contributed by atoms with E-state index in [0.717, 1.165) is 36.4 Å². The first kappa shape index (κ1) is 17.1. The molecule has 0 saturated carbocycles. The summed E-state index contributed by atoms with van der Waals surface area (Å²) in [5, 5.41) is 8.89. The van der Waals surface area contributed by atoms with E-state index in [2.05, 4.69) is 15.4 Å². The van der Waals surface area contributed by atoms with Gasteiger partial charge in [-0.05, 0) is 62.0 Å². The standard InChI is InChI=1S/C21H20FN5O/c1-12-7-19(25-27-11-13(2)24-20(12)27)17-8-14-4-6-26(15-3-5-23-10-15)21(28)16(14)9-18(17)22/h4,6-9,11,15,23H,3,5,10H2,1-2H3. The lowest BCUT2D eigenvalue weighted by Gasteiger charge is -2.14. The smallest absolute Gasteiger partial charge is 0.258 e. The van der Waals surface area contributed by atoms with Gasteiger partial charge in [0.15, 0.2) is 5.65 Å². The van der Waals surface area contributed by atoms with Crippen molar-refractivity contribution in [2.75, 3.05) is 13.1 Å². The van der Waals surface area contributed by atoms with Crippen LogP contribution >= 0.6 is 0 Å². The van der Waals surface area contributed by atoms with Crippen molar-refractivity contribution < 1.29 is 4.39 Å². The molecule has 1 aliphatic rings. The fourth-order valence-corrected chi connectivity index (χ4v) is 4.02. The number of imidazole rings is 1. The Kier molecular flexibility index (Phi) is 3.80. The van der Waals surface area contributed by atoms with Crippen LogP contribution in [0.2, 0.25) is 0 Å². The van der Waals surface area contributed by atoms with E-state index >= 15 is 4.39 Å². The Labute approximate surface area is 160 Å². The van der Waals surface area contributed by atoms with Crippen molar-refractivity contribution in [1.82, 2.24) is 24.5 Å². The zero-order valence-electron chi connectivity index (χ0n) is 15.7. The van der Waals surface area contributed by atoms with Gasteiger partial charge in [-0.15, -0.1) is 0 Å². The van der Waals surface area contributed by atoms with E-state index < -0.39 is 5.82 Å². The summed E-state index contributed by atoms with van der Waals surface area (Å²) in [6.07, 6.45) is 4.53. The van der Waals surface area contributed by atoms with Crippen molar-refractivity contribution in [1.29, 1.82) is 0 Å². The Morgan fingerprint density at radius 2 is 2.11 bits per heavy atom. The molecule has 0 amide bonds. The number of benzene rings is 1. The summed E-state index contributed by atoms with van der Waals surface area (Å²) < 4.78 is 18.4. The molecule has 3 aromatic heterocycles. The number of aromatic nitrogens is 4. The summed E-state index contributed by atoms with van der Waals surface area (Å²) in [6, 6.07) is 6.88. The summed E-state index contributed by atoms with van der Waals surface area (Å²) in [5.74, 6) is -0.449. The van der Waals surface area contributed by atoms with Gasteiger partial charge in [0.05, 0.1) is 29.0 Å². The van der Waals surface area contributed by atoms with E-state index in [-0.39, 0.29) is 11.6 Å². The van der Waals surface area contributed by atoms with Gasteiger partial charge in [-0.25, -0.2) is 13.9 Å². The molecule has 1 N–H and O–H groups in total. The van der Waals surface area contributed by atoms with Crippen molar-refractivity contribution in [3.63, 3.8) is 0 Å². The number of nitrogens with zero attached hydrogens (tertiary/aromatic N) is 4. The molecule has 6 nitrogen and oxygen atoms in total. The second-order valence-electron chi connectivity index (χ2n) is 7.46. The fraction of sp³-hybridized carbons (Fsp3) is 0.286. The minimum atomic E-state index is -0.449. The lowest BCUT2D eigenvalue weighted by molar-refractivity contribution is 0.532. The van der Waals surface area contributed by atoms with Crippen LogP contribution in [-0.4, -0.2) is 32.3 Å². The predicted molar refractivity (Wildman–Crippen MR) is 106 cm³/mol. The molecule has 1 aromatic carbocycles. The van der Waals surface area contributed by atoms with Crippen LogP contribution in [0.4, 0.5) is 4.39 Å². The van der Waals surface area contributed by atoms with Gasteiger partial charge in [-0.3, -0.25) is 4.79 Å². The zero-order chi connectivity index (χ0) is 19.4. The molecular formula is C21H20FN5O. The van der Waals surface area contributed by atoms with Crippen LogP contribution in [0, 0.1) is 19.7 Å². The Morgan fingerprint density at radius 1 is 1.25 bits per heavy atom. The molecule has 4 aromatic rings. The monoisotopic (exact) mass is 377 g/mol. The largest absolute Gasteiger partial charge is 0.315 e. The minimum absolute atomic E-state index is 0.121. The molecule has 142 valence electrons. The van der Waals surface area contributed by atoms with Crippen molar-refractivity contribution >= 4 is 16.4 Å². The average Bonchev–Trinajstić information content (AvgIpc) is 3.31. The number of aryl methyl sites for hydroxylation is 2. The van der Waals surface area contributed by atoms with E-state index in [1.807, 2.05) is 38.4 Å². The van der Waals surface area contributed by atoms with Crippen LogP contribution in [0.1, 0.15) is 23.7 Å². The Bertz CT molecular complexity index is 1280. The van der Waals surface area contributed by atoms with Crippen LogP contribution in [0.25, 0.3) is 27.7 Å². The van der Waals surface area contributed by atoms with Crippen LogP contribution < -0.4 is 10.9 Å². The van der Waals surface area contributed by atoms with Crippen molar-refractivity contribution in [2.45, 2.75) is 26.3 Å². The predicted octanol–water partition coefficient (Wildman–Crippen LogP) is 3.00. The van der Waals surface area contributed by atoms with Gasteiger partial charge in [0, 0.05) is 18.3 Å². The molecule has 1 atom stereocenters. The lowest BCUT2D eigenvalue weighted by Crippen LogP contribution is -2.25. The Morgan fingerprint density at radius 3 is 2.89 bits per heavy atom. The summed E-state index contributed by atoms with van der Waals surface area (Å²) in [7, 11) is 0. The SMILES string of the molecule is Cc1cn2nc(-c3cc4ccn(C5CCNC5)c(=O)c4cc3F)cc(C)c2n1. The molecule has 5 rings (SSSR count). The number of rotatable bonds is 2. The maximum absolute atomic E-state index is 15.0. The molecule has 0 aliphatic carbocycles. The molecule has 0 bridgehead atoms. The third-order valence-electron chi connectivity index (χ3n) is 5.45. The van der Waals surface area contributed by atoms with Gasteiger partial charge in [0.1, 0.15) is 5.82 Å². The Balaban J connectivity index is 1.68. The van der Waals surface area contributed by atoms with Crippen molar-refractivity contribution in [3.05, 3.63) is 64.1 Å². The highest BCUT2D eigenvalue weighted by Gasteiger charge is 2.19. The van der Waals surface area contributed by atoms with E-state index in [0.29, 0.717) is 22.0 Å². The fourth-order valence-electron chi connectivity index (χ4n) is 4.02. The molecular weight excluding hydrogens is 357 g/mol. The van der Waals surface area contributed by atoms with Crippen molar-refractivity contribution in [3.8, 4) is 11.3 Å². The third-order valence-corrected chi connectivity index (χ3v) is 5.45. The van der Waals surface area contributed by atoms with Crippen LogP contribution in [0.5, 0.6) is 0 Å². The normalized spacial score (nSPS) is 17.0. The number of hydrogen-bond donors (Lipinski definition) is 1. The van der Waals surface area contributed by atoms with Crippen LogP contribution in [0.3, 0.4) is 0 Å². The van der Waals surface area contributed by atoms with Crippen LogP contribution in [0.15, 0.2) is 41.5 Å². The summed E-state index contributed by atoms with van der Waals surface area (Å²) in [6.45, 7) is 5.48. The molecule has 1 aliphatic heterocycles. The molecule has 1 fully saturated rings. The van der Waals surface area contributed by atoms with Gasteiger partial charge in [0.25, 0.3) is 5.56 Å². The summed E-state index contributed by atoms with van der Waals surface area (Å²) in [5.41, 5.74) is 3.28. The number of fused-ring (bicyclic) bond motifs is 2. The first-order chi connectivity index (χ1) is 13.5. The van der Waals surface area contributed by atoms with Crippen molar-refractivity contribution in [2.24, 2.45) is 0 Å². The lowest BCUT2D eigenvalue weighted by atomic mass is 10.0. The molecule has 28 heavy (non-hydrogen) atoms. The maximum atomic E-state index is 15.0. The number of hydrogen-bond acceptors (Lipinski definition) is 4. The number of pyridine rings is 1. The second kappa shape index (κ2) is 6.24. The molecule has 0 spiro atoms. The highest BCUT2D eigenvalue weighted by molar-refractivity contribution is 5.86. The van der Waals surface area contributed by atoms with E-state index in [9.17, 15) is 4.79 Å². The molecule has 7 heteroatoms. The van der Waals surface area contributed by atoms with E-state index in [1.165, 1.54) is 6.07 Å². The quantitative estimate of drug-likeness (QED) is 0.583. The highest BCUT2D eigenvalue weighted by Crippen LogP contribution is 2.27. The third kappa shape index (κ3) is 2.62. The number of nitrogens with one attached hydrogen (secondary N) is 1. The van der Waals surface area contributed by atoms with Gasteiger partial charge in [0.2, 0.25) is 0 Å². The Hall–Kier alpha value is -3.06. The topological polar surface area (TPSA) is 64.2 Å². The number of halogens is 1. The molecule has 0 radical (unpaired) electrons. The molecule has 1 unspecified atom stereocenters. The van der Waals surface area contributed by atoms with E-state index in [1.54, 1.807) is 15.1 Å². The average molecular weight is 377 g/mol. The first-order valence-electron chi connectivity index (χ1n) is 9.40. The first-order valence-corrected chi connectivity index (χ1v) is 9.40. The summed E-state index contributed by atoms with van der Waals surface area (Å²) >= 11 is 0. The second-order valence-corrected chi connectivity index (χ2v) is 7.46. The van der Waals surface area contributed by atoms with Gasteiger partial charge >= 0.3 is 0 Å². The van der Waals surface area contributed by atoms with Gasteiger partial charge in [-0.2, -0.15) is 5.10 Å². The van der Waals surface area contributed by atoms with Gasteiger partial charge in [-0.1, -0.05) is 0 Å². The minimum Gasteiger partial charge on any atom is -0.315 e.